The molecule has 0 saturated heterocycles. The lowest BCUT2D eigenvalue weighted by Gasteiger charge is -2.24. The quantitative estimate of drug-likeness (QED) is 0.282. The molecule has 184 valence electrons. The molecule has 1 aliphatic rings. The third-order valence-electron chi connectivity index (χ3n) is 5.30. The maximum atomic E-state index is 13.7. The van der Waals surface area contributed by atoms with Crippen LogP contribution in [-0.4, -0.2) is 23.8 Å². The summed E-state index contributed by atoms with van der Waals surface area (Å²) in [7, 11) is 0. The number of hydrogen-bond acceptors (Lipinski definition) is 7. The van der Waals surface area contributed by atoms with Gasteiger partial charge in [-0.1, -0.05) is 23.5 Å². The molecule has 4 rings (SSSR count). The van der Waals surface area contributed by atoms with Gasteiger partial charge >= 0.3 is 5.97 Å². The monoisotopic (exact) mass is 729 g/mol. The first-order valence-electron chi connectivity index (χ1n) is 10.7. The second-order valence-corrected chi connectivity index (χ2v) is 10.9. The highest BCUT2D eigenvalue weighted by molar-refractivity contribution is 14.1. The van der Waals surface area contributed by atoms with Crippen LogP contribution in [0.3, 0.4) is 0 Å². The van der Waals surface area contributed by atoms with Crippen molar-refractivity contribution in [3.8, 4) is 11.8 Å². The smallest absolute Gasteiger partial charge is 0.338 e. The third-order valence-corrected chi connectivity index (χ3v) is 7.89. The first kappa shape index (κ1) is 26.5. The molecule has 2 aromatic carbocycles. The van der Waals surface area contributed by atoms with Gasteiger partial charge in [-0.2, -0.15) is 5.26 Å². The number of carbonyl (C=O) groups excluding carboxylic acids is 1. The number of carbonyl (C=O) groups is 1. The summed E-state index contributed by atoms with van der Waals surface area (Å²) < 4.78 is 27.9. The second-order valence-electron chi connectivity index (χ2n) is 7.61. The van der Waals surface area contributed by atoms with Crippen molar-refractivity contribution in [1.82, 2.24) is 4.57 Å². The molecule has 1 aliphatic heterocycles. The summed E-state index contributed by atoms with van der Waals surface area (Å²) in [5.74, 6) is -0.377. The zero-order valence-corrected chi connectivity index (χ0v) is 24.2. The van der Waals surface area contributed by atoms with Crippen LogP contribution in [0.15, 0.2) is 57.5 Å². The van der Waals surface area contributed by atoms with E-state index in [9.17, 15) is 14.0 Å². The molecule has 0 spiro atoms. The molecule has 36 heavy (non-hydrogen) atoms. The molecular weight excluding hydrogens is 711 g/mol. The van der Waals surface area contributed by atoms with Gasteiger partial charge in [0, 0.05) is 0 Å². The lowest BCUT2D eigenvalue weighted by molar-refractivity contribution is -0.139. The first-order chi connectivity index (χ1) is 17.2. The van der Waals surface area contributed by atoms with Crippen LogP contribution in [0.2, 0.25) is 0 Å². The number of thiazole rings is 1. The molecule has 0 radical (unpaired) electrons. The molecule has 0 saturated carbocycles. The summed E-state index contributed by atoms with van der Waals surface area (Å²) in [5, 5.41) is 8.81. The van der Waals surface area contributed by atoms with Gasteiger partial charge in [0.15, 0.2) is 11.4 Å². The summed E-state index contributed by atoms with van der Waals surface area (Å²) in [6.45, 7) is 3.51. The molecule has 0 N–H and O–H groups in total. The van der Waals surface area contributed by atoms with Crippen molar-refractivity contribution in [3.05, 3.63) is 91.4 Å². The summed E-state index contributed by atoms with van der Waals surface area (Å²) in [4.78, 5) is 31.5. The summed E-state index contributed by atoms with van der Waals surface area (Å²) in [5.41, 5.74) is 1.71. The van der Waals surface area contributed by atoms with Gasteiger partial charge in [0.05, 0.1) is 35.6 Å². The molecule has 1 atom stereocenters. The molecule has 0 aliphatic carbocycles. The Morgan fingerprint density at radius 1 is 1.28 bits per heavy atom. The molecular formula is C25H18FI2N3O4S. The standard InChI is InChI=1S/C25H18FI2N3O4S/c1-3-34-24(33)20-13(2)30-25-31(21(20)15-4-6-16(26)7-5-15)23(32)19(36-25)12-14-10-17(27)22(18(28)11-14)35-9-8-29/h4-7,10-12,21H,3,9H2,1-2H3/b19-12-/t21-/m0/s1. The predicted octanol–water partition coefficient (Wildman–Crippen LogP) is 4.05. The number of esters is 1. The van der Waals surface area contributed by atoms with E-state index < -0.39 is 17.8 Å². The molecule has 7 nitrogen and oxygen atoms in total. The van der Waals surface area contributed by atoms with Gasteiger partial charge in [0.1, 0.15) is 17.6 Å². The van der Waals surface area contributed by atoms with Crippen LogP contribution in [0, 0.1) is 24.3 Å². The summed E-state index contributed by atoms with van der Waals surface area (Å²) >= 11 is 5.46. The van der Waals surface area contributed by atoms with Crippen molar-refractivity contribution in [2.24, 2.45) is 4.99 Å². The number of fused-ring (bicyclic) bond motifs is 1. The Hall–Kier alpha value is -2.57. The fraction of sp³-hybridized carbons (Fsp3) is 0.200. The Labute approximate surface area is 236 Å². The van der Waals surface area contributed by atoms with Crippen molar-refractivity contribution >= 4 is 68.6 Å². The van der Waals surface area contributed by atoms with Crippen molar-refractivity contribution in [1.29, 1.82) is 5.26 Å². The maximum absolute atomic E-state index is 13.7. The SMILES string of the molecule is CCOC(=O)C1=C(C)N=c2s/c(=C\c3cc(I)c(OCC#N)c(I)c3)c(=O)n2[C@H]1c1ccc(F)cc1. The summed E-state index contributed by atoms with van der Waals surface area (Å²) in [6, 6.07) is 10.6. The maximum Gasteiger partial charge on any atom is 0.338 e. The zero-order chi connectivity index (χ0) is 26.0. The minimum absolute atomic E-state index is 0.0600. The number of nitriles is 1. The van der Waals surface area contributed by atoms with Crippen molar-refractivity contribution in [2.45, 2.75) is 19.9 Å². The van der Waals surface area contributed by atoms with Gasteiger partial charge in [-0.3, -0.25) is 9.36 Å². The van der Waals surface area contributed by atoms with E-state index in [1.807, 2.05) is 18.2 Å². The molecule has 0 fully saturated rings. The Morgan fingerprint density at radius 3 is 2.56 bits per heavy atom. The van der Waals surface area contributed by atoms with E-state index in [2.05, 4.69) is 50.2 Å². The average molecular weight is 729 g/mol. The molecule has 1 aromatic heterocycles. The Bertz CT molecular complexity index is 1580. The van der Waals surface area contributed by atoms with Crippen LogP contribution in [0.1, 0.15) is 31.0 Å². The van der Waals surface area contributed by atoms with Crippen molar-refractivity contribution < 1.29 is 18.7 Å². The number of rotatable bonds is 6. The largest absolute Gasteiger partial charge is 0.477 e. The van der Waals surface area contributed by atoms with Crippen LogP contribution < -0.4 is 19.6 Å². The van der Waals surface area contributed by atoms with Gasteiger partial charge in [-0.15, -0.1) is 0 Å². The van der Waals surface area contributed by atoms with E-state index in [1.54, 1.807) is 32.1 Å². The van der Waals surface area contributed by atoms with Gasteiger partial charge in [-0.25, -0.2) is 14.2 Å². The minimum Gasteiger partial charge on any atom is -0.477 e. The Balaban J connectivity index is 1.89. The van der Waals surface area contributed by atoms with E-state index in [-0.39, 0.29) is 24.3 Å². The molecule has 0 unspecified atom stereocenters. The number of halogens is 3. The summed E-state index contributed by atoms with van der Waals surface area (Å²) in [6.07, 6.45) is 1.76. The van der Waals surface area contributed by atoms with Gasteiger partial charge in [-0.05, 0) is 100 Å². The second kappa shape index (κ2) is 11.2. The molecule has 3 aromatic rings. The Kier molecular flexibility index (Phi) is 8.26. The van der Waals surface area contributed by atoms with Crippen LogP contribution >= 0.6 is 56.5 Å². The van der Waals surface area contributed by atoms with Crippen LogP contribution in [-0.2, 0) is 9.53 Å². The number of benzene rings is 2. The number of allylic oxidation sites excluding steroid dienone is 1. The lowest BCUT2D eigenvalue weighted by Crippen LogP contribution is -2.39. The fourth-order valence-electron chi connectivity index (χ4n) is 3.81. The van der Waals surface area contributed by atoms with Crippen LogP contribution in [0.25, 0.3) is 6.08 Å². The minimum atomic E-state index is -0.801. The van der Waals surface area contributed by atoms with Crippen molar-refractivity contribution in [3.63, 3.8) is 0 Å². The van der Waals surface area contributed by atoms with E-state index in [1.165, 1.54) is 28.0 Å². The van der Waals surface area contributed by atoms with Crippen molar-refractivity contribution in [2.75, 3.05) is 13.2 Å². The molecule has 0 amide bonds. The van der Waals surface area contributed by atoms with Crippen LogP contribution in [0.5, 0.6) is 5.75 Å². The number of aromatic nitrogens is 1. The first-order valence-corrected chi connectivity index (χ1v) is 13.7. The number of ether oxygens (including phenoxy) is 2. The van der Waals surface area contributed by atoms with Gasteiger partial charge in [0.25, 0.3) is 5.56 Å². The topological polar surface area (TPSA) is 93.7 Å². The highest BCUT2D eigenvalue weighted by atomic mass is 127. The van der Waals surface area contributed by atoms with E-state index in [0.29, 0.717) is 26.3 Å². The van der Waals surface area contributed by atoms with E-state index in [0.717, 1.165) is 12.7 Å². The zero-order valence-electron chi connectivity index (χ0n) is 19.0. The van der Waals surface area contributed by atoms with Gasteiger partial charge in [0.2, 0.25) is 0 Å². The molecule has 2 heterocycles. The average Bonchev–Trinajstić information content (AvgIpc) is 3.12. The number of nitrogens with zero attached hydrogens (tertiary/aromatic N) is 3. The van der Waals surface area contributed by atoms with E-state index >= 15 is 0 Å². The highest BCUT2D eigenvalue weighted by Gasteiger charge is 2.33. The highest BCUT2D eigenvalue weighted by Crippen LogP contribution is 2.31. The predicted molar refractivity (Wildman–Crippen MR) is 150 cm³/mol. The fourth-order valence-corrected chi connectivity index (χ4v) is 6.98. The molecule has 0 bridgehead atoms. The number of hydrogen-bond donors (Lipinski definition) is 0. The van der Waals surface area contributed by atoms with Crippen LogP contribution in [0.4, 0.5) is 4.39 Å². The molecule has 11 heteroatoms. The third kappa shape index (κ3) is 5.25. The Morgan fingerprint density at radius 2 is 1.94 bits per heavy atom. The lowest BCUT2D eigenvalue weighted by atomic mass is 9.96. The van der Waals surface area contributed by atoms with E-state index in [4.69, 9.17) is 14.7 Å². The van der Waals surface area contributed by atoms with Gasteiger partial charge < -0.3 is 9.47 Å². The normalized spacial score (nSPS) is 15.2.